The molecule has 1 fully saturated rings. The van der Waals surface area contributed by atoms with Crippen LogP contribution in [0.3, 0.4) is 0 Å². The summed E-state index contributed by atoms with van der Waals surface area (Å²) in [7, 11) is 3.71. The van der Waals surface area contributed by atoms with E-state index < -0.39 is 0 Å². The molecule has 5 rings (SSSR count). The Bertz CT molecular complexity index is 1350. The quantitative estimate of drug-likeness (QED) is 0.354. The second kappa shape index (κ2) is 11.7. The fraction of sp³-hybridized carbons (Fsp3) is 0.367. The van der Waals surface area contributed by atoms with Gasteiger partial charge in [0.15, 0.2) is 0 Å². The summed E-state index contributed by atoms with van der Waals surface area (Å²) in [5.74, 6) is 1.76. The van der Waals surface area contributed by atoms with Gasteiger partial charge < -0.3 is 31.3 Å². The molecule has 0 spiro atoms. The summed E-state index contributed by atoms with van der Waals surface area (Å²) in [4.78, 5) is 34.3. The third kappa shape index (κ3) is 5.68. The minimum absolute atomic E-state index is 0. The van der Waals surface area contributed by atoms with Crippen molar-refractivity contribution < 1.29 is 14.3 Å². The number of amides is 2. The highest BCUT2D eigenvalue weighted by Gasteiger charge is 2.28. The molecule has 2 aromatic carbocycles. The Morgan fingerprint density at radius 3 is 2.49 bits per heavy atom. The minimum atomic E-state index is -0.0797. The van der Waals surface area contributed by atoms with Gasteiger partial charge in [-0.1, -0.05) is 19.1 Å². The number of nitrogens with zero attached hydrogens (tertiary/aromatic N) is 3. The molecule has 206 valence electrons. The highest BCUT2D eigenvalue weighted by atomic mass is 16.5. The number of hydrogen-bond acceptors (Lipinski definition) is 7. The van der Waals surface area contributed by atoms with Crippen LogP contribution in [-0.4, -0.2) is 43.5 Å². The first-order valence-corrected chi connectivity index (χ1v) is 13.3. The number of nitrogens with one attached hydrogen (secondary N) is 2. The highest BCUT2D eigenvalue weighted by molar-refractivity contribution is 6.13. The molecular formula is C30H38N6O3. The Morgan fingerprint density at radius 1 is 1.00 bits per heavy atom. The van der Waals surface area contributed by atoms with Crippen LogP contribution in [0.1, 0.15) is 60.2 Å². The molecule has 5 N–H and O–H groups in total. The van der Waals surface area contributed by atoms with Crippen molar-refractivity contribution in [1.29, 1.82) is 0 Å². The van der Waals surface area contributed by atoms with Crippen LogP contribution in [0, 0.1) is 5.92 Å². The molecule has 9 heteroatoms. The first-order chi connectivity index (χ1) is 18.4. The Kier molecular flexibility index (Phi) is 8.40. The molecule has 1 aliphatic heterocycles. The van der Waals surface area contributed by atoms with Gasteiger partial charge in [-0.2, -0.15) is 0 Å². The van der Waals surface area contributed by atoms with E-state index in [2.05, 4.69) is 22.5 Å². The maximum atomic E-state index is 13.1. The average molecular weight is 531 g/mol. The molecule has 1 aromatic heterocycles. The Balaban J connectivity index is 0.00000353. The van der Waals surface area contributed by atoms with E-state index in [1.54, 1.807) is 24.2 Å². The zero-order valence-electron chi connectivity index (χ0n) is 23.2. The van der Waals surface area contributed by atoms with Crippen molar-refractivity contribution >= 4 is 40.4 Å². The SMILES string of the molecule is CCOc1cc(C(=O)NC2CCC(C)CC2)ccc1Nc1cc2c(cn1)N(C)C(=O)c1ccccc1N2C.N. The number of hydrogen-bond donors (Lipinski definition) is 3. The summed E-state index contributed by atoms with van der Waals surface area (Å²) in [5, 5.41) is 6.54. The summed E-state index contributed by atoms with van der Waals surface area (Å²) < 4.78 is 5.90. The number of anilines is 5. The second-order valence-corrected chi connectivity index (χ2v) is 10.2. The first-order valence-electron chi connectivity index (χ1n) is 13.3. The number of aromatic nitrogens is 1. The maximum absolute atomic E-state index is 13.1. The normalized spacial score (nSPS) is 18.3. The molecule has 0 bridgehead atoms. The van der Waals surface area contributed by atoms with E-state index >= 15 is 0 Å². The van der Waals surface area contributed by atoms with Gasteiger partial charge in [-0.25, -0.2) is 4.98 Å². The van der Waals surface area contributed by atoms with Gasteiger partial charge in [-0.05, 0) is 68.9 Å². The van der Waals surface area contributed by atoms with Crippen molar-refractivity contribution in [3.05, 3.63) is 65.9 Å². The van der Waals surface area contributed by atoms with Crippen molar-refractivity contribution in [3.63, 3.8) is 0 Å². The van der Waals surface area contributed by atoms with Crippen molar-refractivity contribution in [1.82, 2.24) is 16.5 Å². The number of ether oxygens (including phenoxy) is 1. The second-order valence-electron chi connectivity index (χ2n) is 10.2. The lowest BCUT2D eigenvalue weighted by Gasteiger charge is -2.27. The van der Waals surface area contributed by atoms with Crippen LogP contribution in [0.15, 0.2) is 54.7 Å². The van der Waals surface area contributed by atoms with Crippen LogP contribution < -0.4 is 31.3 Å². The third-order valence-electron chi connectivity index (χ3n) is 7.54. The summed E-state index contributed by atoms with van der Waals surface area (Å²) in [6.07, 6.45) is 6.04. The van der Waals surface area contributed by atoms with Crippen LogP contribution in [-0.2, 0) is 0 Å². The molecule has 2 amide bonds. The lowest BCUT2D eigenvalue weighted by Crippen LogP contribution is -2.37. The van der Waals surface area contributed by atoms with Crippen molar-refractivity contribution in [2.75, 3.05) is 35.8 Å². The molecule has 39 heavy (non-hydrogen) atoms. The minimum Gasteiger partial charge on any atom is -0.492 e. The summed E-state index contributed by atoms with van der Waals surface area (Å²) in [6, 6.07) is 15.2. The number of pyridine rings is 1. The van der Waals surface area contributed by atoms with Gasteiger partial charge in [0.1, 0.15) is 11.6 Å². The molecule has 1 aliphatic carbocycles. The van der Waals surface area contributed by atoms with E-state index in [1.165, 1.54) is 0 Å². The van der Waals surface area contributed by atoms with E-state index in [4.69, 9.17) is 4.74 Å². The van der Waals surface area contributed by atoms with Gasteiger partial charge in [0.2, 0.25) is 0 Å². The van der Waals surface area contributed by atoms with Gasteiger partial charge in [0.05, 0.1) is 41.1 Å². The highest BCUT2D eigenvalue weighted by Crippen LogP contribution is 2.40. The molecule has 3 aromatic rings. The van der Waals surface area contributed by atoms with Crippen LogP contribution in [0.5, 0.6) is 5.75 Å². The number of para-hydroxylation sites is 1. The summed E-state index contributed by atoms with van der Waals surface area (Å²) >= 11 is 0. The smallest absolute Gasteiger partial charge is 0.260 e. The van der Waals surface area contributed by atoms with Crippen molar-refractivity contribution in [2.24, 2.45) is 5.92 Å². The molecule has 0 atom stereocenters. The number of benzene rings is 2. The lowest BCUT2D eigenvalue weighted by molar-refractivity contribution is 0.0921. The van der Waals surface area contributed by atoms with Gasteiger partial charge in [0, 0.05) is 31.8 Å². The van der Waals surface area contributed by atoms with E-state index in [9.17, 15) is 9.59 Å². The monoisotopic (exact) mass is 530 g/mol. The third-order valence-corrected chi connectivity index (χ3v) is 7.54. The number of fused-ring (bicyclic) bond motifs is 2. The predicted octanol–water partition coefficient (Wildman–Crippen LogP) is 6.05. The van der Waals surface area contributed by atoms with Crippen LogP contribution in [0.25, 0.3) is 0 Å². The van der Waals surface area contributed by atoms with Crippen LogP contribution in [0.2, 0.25) is 0 Å². The first kappa shape index (κ1) is 27.9. The van der Waals surface area contributed by atoms with Crippen LogP contribution >= 0.6 is 0 Å². The Labute approximate surface area is 230 Å². The Morgan fingerprint density at radius 2 is 1.74 bits per heavy atom. The standard InChI is InChI=1S/C30H35N5O3.H3N/c1-5-38-27-16-20(29(36)32-21-13-10-19(2)11-14-21)12-15-23(27)33-28-17-25-26(18-31-28)35(4)30(37)22-8-6-7-9-24(22)34(25)3;/h6-9,12,15-19,21H,5,10-11,13-14H2,1-4H3,(H,31,33)(H,32,36);1H3. The largest absolute Gasteiger partial charge is 0.492 e. The van der Waals surface area contributed by atoms with Crippen molar-refractivity contribution in [2.45, 2.75) is 45.6 Å². The van der Waals surface area contributed by atoms with E-state index in [0.717, 1.165) is 43.0 Å². The fourth-order valence-electron chi connectivity index (χ4n) is 5.25. The summed E-state index contributed by atoms with van der Waals surface area (Å²) in [5.41, 5.74) is 4.32. The van der Waals surface area contributed by atoms with Gasteiger partial charge in [-0.3, -0.25) is 9.59 Å². The summed E-state index contributed by atoms with van der Waals surface area (Å²) in [6.45, 7) is 4.65. The zero-order chi connectivity index (χ0) is 26.8. The molecule has 0 saturated heterocycles. The number of carbonyl (C=O) groups is 2. The van der Waals surface area contributed by atoms with Gasteiger partial charge in [0.25, 0.3) is 11.8 Å². The number of rotatable bonds is 6. The Hall–Kier alpha value is -4.11. The molecule has 2 heterocycles. The fourth-order valence-corrected chi connectivity index (χ4v) is 5.25. The van der Waals surface area contributed by atoms with E-state index in [0.29, 0.717) is 40.7 Å². The molecule has 1 saturated carbocycles. The van der Waals surface area contributed by atoms with E-state index in [-0.39, 0.29) is 24.0 Å². The van der Waals surface area contributed by atoms with E-state index in [1.807, 2.05) is 61.3 Å². The topological polar surface area (TPSA) is 122 Å². The molecule has 0 unspecified atom stereocenters. The predicted molar refractivity (Wildman–Crippen MR) is 156 cm³/mol. The molecule has 9 nitrogen and oxygen atoms in total. The molecule has 2 aliphatic rings. The van der Waals surface area contributed by atoms with Gasteiger partial charge in [-0.15, -0.1) is 0 Å². The van der Waals surface area contributed by atoms with Gasteiger partial charge >= 0.3 is 0 Å². The molecular weight excluding hydrogens is 492 g/mol. The lowest BCUT2D eigenvalue weighted by atomic mass is 9.87. The average Bonchev–Trinajstić information content (AvgIpc) is 3.00. The zero-order valence-corrected chi connectivity index (χ0v) is 23.2. The van der Waals surface area contributed by atoms with Crippen molar-refractivity contribution in [3.8, 4) is 5.75 Å². The van der Waals surface area contributed by atoms with Crippen LogP contribution in [0.4, 0.5) is 28.6 Å². The molecule has 0 radical (unpaired) electrons. The number of carbonyl (C=O) groups excluding carboxylic acids is 2. The maximum Gasteiger partial charge on any atom is 0.260 e.